The number of nitrogens with zero attached hydrogens (tertiary/aromatic N) is 6. The molecule has 8 nitrogen and oxygen atoms in total. The lowest BCUT2D eigenvalue weighted by atomic mass is 10.4. The molecular weight excluding hydrogens is 324 g/mol. The summed E-state index contributed by atoms with van der Waals surface area (Å²) in [5, 5.41) is 20.4. The summed E-state index contributed by atoms with van der Waals surface area (Å²) in [6.07, 6.45) is 1.46. The molecule has 0 unspecified atom stereocenters. The summed E-state index contributed by atoms with van der Waals surface area (Å²) in [7, 11) is 0. The van der Waals surface area contributed by atoms with Crippen LogP contribution in [0.4, 0.5) is 10.8 Å². The van der Waals surface area contributed by atoms with Gasteiger partial charge in [-0.3, -0.25) is 0 Å². The van der Waals surface area contributed by atoms with Crippen molar-refractivity contribution in [2.75, 3.05) is 23.7 Å². The number of hydrogen-bond donors (Lipinski definition) is 2. The van der Waals surface area contributed by atoms with Crippen LogP contribution in [0.3, 0.4) is 0 Å². The zero-order chi connectivity index (χ0) is 15.5. The highest BCUT2D eigenvalue weighted by atomic mass is 35.5. The number of rotatable bonds is 5. The third-order valence-electron chi connectivity index (χ3n) is 2.86. The molecule has 2 N–H and O–H groups in total. The van der Waals surface area contributed by atoms with E-state index >= 15 is 0 Å². The topological polar surface area (TPSA) is 104 Å². The molecular formula is C12H11ClN8S. The molecule has 3 heterocycles. The van der Waals surface area contributed by atoms with Crippen molar-refractivity contribution in [3.05, 3.63) is 28.8 Å². The quantitative estimate of drug-likeness (QED) is 0.687. The lowest BCUT2D eigenvalue weighted by Gasteiger charge is -2.09. The molecule has 0 saturated heterocycles. The van der Waals surface area contributed by atoms with Crippen molar-refractivity contribution in [3.63, 3.8) is 0 Å². The first kappa shape index (κ1) is 14.5. The van der Waals surface area contributed by atoms with E-state index in [2.05, 4.69) is 30.1 Å². The molecule has 0 aliphatic heterocycles. The number of hydrogen-bond acceptors (Lipinski definition) is 8. The Balaban J connectivity index is 1.63. The minimum atomic E-state index is 0.233. The van der Waals surface area contributed by atoms with E-state index in [0.717, 1.165) is 11.5 Å². The zero-order valence-electron chi connectivity index (χ0n) is 11.5. The second-order valence-electron chi connectivity index (χ2n) is 4.40. The zero-order valence-corrected chi connectivity index (χ0v) is 13.1. The SMILES string of the molecule is Cc1cc(NCCNc2snc(Cl)c2C#N)n2ncnc2n1. The van der Waals surface area contributed by atoms with Gasteiger partial charge in [0.1, 0.15) is 28.8 Å². The van der Waals surface area contributed by atoms with Gasteiger partial charge in [-0.25, -0.2) is 4.98 Å². The molecule has 0 aliphatic rings. The number of aromatic nitrogens is 5. The smallest absolute Gasteiger partial charge is 0.254 e. The molecule has 0 spiro atoms. The third kappa shape index (κ3) is 2.79. The normalized spacial score (nSPS) is 10.6. The second-order valence-corrected chi connectivity index (χ2v) is 5.53. The summed E-state index contributed by atoms with van der Waals surface area (Å²) in [6.45, 7) is 3.13. The fourth-order valence-corrected chi connectivity index (χ4v) is 2.87. The average molecular weight is 335 g/mol. The standard InChI is InChI=1S/C12H11ClN8S/c1-7-4-9(21-12(19-7)17-6-18-21)15-2-3-16-11-8(5-14)10(13)20-22-11/h4,6,15-16H,2-3H2,1H3. The first-order valence-electron chi connectivity index (χ1n) is 6.39. The lowest BCUT2D eigenvalue weighted by molar-refractivity contribution is 0.915. The second kappa shape index (κ2) is 6.13. The minimum Gasteiger partial charge on any atom is -0.373 e. The van der Waals surface area contributed by atoms with Crippen LogP contribution in [0.1, 0.15) is 11.3 Å². The lowest BCUT2D eigenvalue weighted by Crippen LogP contribution is -2.16. The maximum Gasteiger partial charge on any atom is 0.254 e. The molecule has 0 radical (unpaired) electrons. The van der Waals surface area contributed by atoms with Gasteiger partial charge in [-0.1, -0.05) is 11.6 Å². The van der Waals surface area contributed by atoms with Gasteiger partial charge in [-0.05, 0) is 18.5 Å². The van der Waals surface area contributed by atoms with Crippen molar-refractivity contribution in [2.24, 2.45) is 0 Å². The molecule has 0 amide bonds. The number of nitriles is 1. The van der Waals surface area contributed by atoms with Crippen molar-refractivity contribution < 1.29 is 0 Å². The monoisotopic (exact) mass is 334 g/mol. The van der Waals surface area contributed by atoms with E-state index in [-0.39, 0.29) is 5.15 Å². The predicted octanol–water partition coefficient (Wildman–Crippen LogP) is 1.94. The van der Waals surface area contributed by atoms with E-state index in [1.807, 2.05) is 19.1 Å². The molecule has 0 aromatic carbocycles. The van der Waals surface area contributed by atoms with E-state index in [4.69, 9.17) is 16.9 Å². The summed E-state index contributed by atoms with van der Waals surface area (Å²) in [4.78, 5) is 8.34. The average Bonchev–Trinajstić information content (AvgIpc) is 3.09. The van der Waals surface area contributed by atoms with Gasteiger partial charge in [0.05, 0.1) is 0 Å². The predicted molar refractivity (Wildman–Crippen MR) is 84.3 cm³/mol. The number of fused-ring (bicyclic) bond motifs is 1. The number of aryl methyl sites for hydroxylation is 1. The molecule has 0 atom stereocenters. The number of halogens is 1. The Morgan fingerprint density at radius 3 is 3.05 bits per heavy atom. The van der Waals surface area contributed by atoms with E-state index < -0.39 is 0 Å². The Morgan fingerprint density at radius 2 is 2.23 bits per heavy atom. The van der Waals surface area contributed by atoms with Gasteiger partial charge in [0.15, 0.2) is 5.15 Å². The Morgan fingerprint density at radius 1 is 1.41 bits per heavy atom. The molecule has 10 heteroatoms. The van der Waals surface area contributed by atoms with Crippen LogP contribution in [0.25, 0.3) is 5.78 Å². The molecule has 0 aliphatic carbocycles. The fourth-order valence-electron chi connectivity index (χ4n) is 1.91. The number of anilines is 2. The molecule has 3 aromatic heterocycles. The Labute approximate surface area is 134 Å². The summed E-state index contributed by atoms with van der Waals surface area (Å²) >= 11 is 6.99. The van der Waals surface area contributed by atoms with Crippen molar-refractivity contribution in [2.45, 2.75) is 6.92 Å². The Hall–Kier alpha value is -2.44. The largest absolute Gasteiger partial charge is 0.373 e. The van der Waals surface area contributed by atoms with Crippen LogP contribution in [-0.4, -0.2) is 37.0 Å². The maximum absolute atomic E-state index is 9.00. The highest BCUT2D eigenvalue weighted by molar-refractivity contribution is 7.10. The molecule has 112 valence electrons. The van der Waals surface area contributed by atoms with Crippen molar-refractivity contribution in [3.8, 4) is 6.07 Å². The Kier molecular flexibility index (Phi) is 4.04. The third-order valence-corrected chi connectivity index (χ3v) is 4.04. The number of nitrogens with one attached hydrogen (secondary N) is 2. The van der Waals surface area contributed by atoms with Crippen molar-refractivity contribution in [1.29, 1.82) is 5.26 Å². The van der Waals surface area contributed by atoms with Gasteiger partial charge >= 0.3 is 0 Å². The van der Waals surface area contributed by atoms with Crippen LogP contribution in [-0.2, 0) is 0 Å². The van der Waals surface area contributed by atoms with Crippen LogP contribution in [0.5, 0.6) is 0 Å². The summed E-state index contributed by atoms with van der Waals surface area (Å²) in [5.41, 5.74) is 1.24. The van der Waals surface area contributed by atoms with Gasteiger partial charge in [0.25, 0.3) is 5.78 Å². The summed E-state index contributed by atoms with van der Waals surface area (Å²) < 4.78 is 5.58. The van der Waals surface area contributed by atoms with E-state index in [1.165, 1.54) is 17.9 Å². The first-order chi connectivity index (χ1) is 10.7. The summed E-state index contributed by atoms with van der Waals surface area (Å²) in [6, 6.07) is 3.93. The first-order valence-corrected chi connectivity index (χ1v) is 7.54. The molecule has 22 heavy (non-hydrogen) atoms. The van der Waals surface area contributed by atoms with Gasteiger partial charge < -0.3 is 10.6 Å². The van der Waals surface area contributed by atoms with Crippen LogP contribution in [0.15, 0.2) is 12.4 Å². The fraction of sp³-hybridized carbons (Fsp3) is 0.250. The van der Waals surface area contributed by atoms with Crippen molar-refractivity contribution in [1.82, 2.24) is 24.0 Å². The van der Waals surface area contributed by atoms with Crippen LogP contribution in [0, 0.1) is 18.3 Å². The maximum atomic E-state index is 9.00. The van der Waals surface area contributed by atoms with Crippen molar-refractivity contribution >= 4 is 39.7 Å². The highest BCUT2D eigenvalue weighted by Crippen LogP contribution is 2.27. The Bertz CT molecular complexity index is 849. The van der Waals surface area contributed by atoms with Gasteiger partial charge in [-0.15, -0.1) is 0 Å². The molecule has 3 rings (SSSR count). The van der Waals surface area contributed by atoms with Gasteiger partial charge in [0.2, 0.25) is 0 Å². The summed E-state index contributed by atoms with van der Waals surface area (Å²) in [5.74, 6) is 1.36. The van der Waals surface area contributed by atoms with Crippen LogP contribution >= 0.6 is 23.1 Å². The van der Waals surface area contributed by atoms with E-state index in [0.29, 0.717) is 29.4 Å². The van der Waals surface area contributed by atoms with Gasteiger partial charge in [0, 0.05) is 24.8 Å². The van der Waals surface area contributed by atoms with E-state index in [1.54, 1.807) is 4.52 Å². The van der Waals surface area contributed by atoms with Crippen LogP contribution in [0.2, 0.25) is 5.15 Å². The molecule has 0 saturated carbocycles. The van der Waals surface area contributed by atoms with E-state index in [9.17, 15) is 0 Å². The van der Waals surface area contributed by atoms with Gasteiger partial charge in [-0.2, -0.15) is 24.2 Å². The molecule has 0 fully saturated rings. The molecule has 3 aromatic rings. The minimum absolute atomic E-state index is 0.233. The van der Waals surface area contributed by atoms with Crippen LogP contribution < -0.4 is 10.6 Å². The highest BCUT2D eigenvalue weighted by Gasteiger charge is 2.11. The molecule has 0 bridgehead atoms.